The number of nitrogens with two attached hydrogens (primary N) is 2. The van der Waals surface area contributed by atoms with E-state index >= 15 is 0 Å². The molecule has 1 aliphatic carbocycles. The zero-order chi connectivity index (χ0) is 20.9. The van der Waals surface area contributed by atoms with Gasteiger partial charge >= 0.3 is 0 Å². The maximum Gasteiger partial charge on any atom is 0.238 e. The van der Waals surface area contributed by atoms with Crippen LogP contribution in [0, 0.1) is 0 Å². The lowest BCUT2D eigenvalue weighted by Gasteiger charge is -2.33. The maximum atomic E-state index is 12.3. The summed E-state index contributed by atoms with van der Waals surface area (Å²) < 4.78 is 54.8. The van der Waals surface area contributed by atoms with Crippen LogP contribution in [-0.2, 0) is 25.5 Å². The lowest BCUT2D eigenvalue weighted by molar-refractivity contribution is 0.452. The molecule has 150 valence electrons. The molecule has 9 heteroatoms. The van der Waals surface area contributed by atoms with Crippen molar-refractivity contribution in [3.63, 3.8) is 0 Å². The number of fused-ring (bicyclic) bond motifs is 1. The molecule has 1 atom stereocenters. The van der Waals surface area contributed by atoms with Crippen molar-refractivity contribution in [3.05, 3.63) is 89.1 Å². The molecule has 1 aromatic heterocycles. The Balaban J connectivity index is 2.05. The van der Waals surface area contributed by atoms with E-state index < -0.39 is 25.5 Å². The normalized spacial score (nSPS) is 20.0. The van der Waals surface area contributed by atoms with Crippen molar-refractivity contribution in [2.24, 2.45) is 10.3 Å². The smallest absolute Gasteiger partial charge is 0.238 e. The molecule has 1 unspecified atom stereocenters. The first-order valence-corrected chi connectivity index (χ1v) is 11.7. The summed E-state index contributed by atoms with van der Waals surface area (Å²) >= 11 is 0. The van der Waals surface area contributed by atoms with Crippen LogP contribution >= 0.6 is 0 Å². The molecule has 1 aliphatic rings. The number of para-hydroxylation sites is 1. The van der Waals surface area contributed by atoms with Crippen molar-refractivity contribution in [3.8, 4) is 0 Å². The van der Waals surface area contributed by atoms with Gasteiger partial charge in [-0.3, -0.25) is 0 Å². The second-order valence-corrected chi connectivity index (χ2v) is 10.0. The van der Waals surface area contributed by atoms with Crippen LogP contribution in [0.5, 0.6) is 0 Å². The summed E-state index contributed by atoms with van der Waals surface area (Å²) in [7, 11) is -8.09. The third-order valence-electron chi connectivity index (χ3n) is 5.02. The fourth-order valence-electron chi connectivity index (χ4n) is 3.68. The highest BCUT2D eigenvalue weighted by Gasteiger charge is 2.42. The Morgan fingerprint density at radius 3 is 2.28 bits per heavy atom. The molecule has 0 bridgehead atoms. The fourth-order valence-corrected chi connectivity index (χ4v) is 5.20. The number of sulfonamides is 2. The minimum Gasteiger partial charge on any atom is -0.460 e. The van der Waals surface area contributed by atoms with E-state index in [2.05, 4.69) is 0 Å². The summed E-state index contributed by atoms with van der Waals surface area (Å²) in [6.45, 7) is 0. The molecule has 0 saturated carbocycles. The van der Waals surface area contributed by atoms with Gasteiger partial charge in [-0.1, -0.05) is 48.6 Å². The topological polar surface area (TPSA) is 133 Å². The van der Waals surface area contributed by atoms with Gasteiger partial charge in [0.05, 0.1) is 15.2 Å². The zero-order valence-corrected chi connectivity index (χ0v) is 16.8. The Hall–Kier alpha value is -2.72. The van der Waals surface area contributed by atoms with Crippen molar-refractivity contribution >= 4 is 31.0 Å². The standard InChI is InChI=1S/C20H18N2O5S2/c21-28(23,24)15-7-5-11-20(13-15,16-8-2-4-10-18(16)29(22,25)26)19-12-14-6-1-3-9-17(14)27-19/h1-12H,13H2,(H2,21,23,24)(H2,22,25,26). The molecule has 4 N–H and O–H groups in total. The van der Waals surface area contributed by atoms with Crippen LogP contribution in [0.1, 0.15) is 17.7 Å². The third kappa shape index (κ3) is 3.42. The summed E-state index contributed by atoms with van der Waals surface area (Å²) in [5, 5.41) is 11.6. The highest BCUT2D eigenvalue weighted by Crippen LogP contribution is 2.46. The first kappa shape index (κ1) is 19.6. The highest BCUT2D eigenvalue weighted by atomic mass is 32.2. The molecule has 0 fully saturated rings. The lowest BCUT2D eigenvalue weighted by atomic mass is 9.73. The Kier molecular flexibility index (Phi) is 4.50. The van der Waals surface area contributed by atoms with Crippen molar-refractivity contribution < 1.29 is 21.3 Å². The maximum absolute atomic E-state index is 12.3. The lowest BCUT2D eigenvalue weighted by Crippen LogP contribution is -2.33. The van der Waals surface area contributed by atoms with Gasteiger partial charge in [-0.2, -0.15) is 0 Å². The molecule has 2 aromatic carbocycles. The molecule has 7 nitrogen and oxygen atoms in total. The number of furan rings is 1. The van der Waals surface area contributed by atoms with Gasteiger partial charge in [-0.25, -0.2) is 27.1 Å². The summed E-state index contributed by atoms with van der Waals surface area (Å²) in [6, 6.07) is 15.3. The van der Waals surface area contributed by atoms with Gasteiger partial charge in [0, 0.05) is 11.8 Å². The second-order valence-electron chi connectivity index (χ2n) is 6.87. The Morgan fingerprint density at radius 1 is 0.897 bits per heavy atom. The number of allylic oxidation sites excluding steroid dienone is 4. The van der Waals surface area contributed by atoms with E-state index in [1.54, 1.807) is 36.4 Å². The summed E-state index contributed by atoms with van der Waals surface area (Å²) in [5.41, 5.74) is -0.319. The predicted octanol–water partition coefficient (Wildman–Crippen LogP) is 2.50. The van der Waals surface area contributed by atoms with Crippen LogP contribution in [0.4, 0.5) is 0 Å². The number of benzene rings is 2. The van der Waals surface area contributed by atoms with E-state index in [4.69, 9.17) is 14.7 Å². The molecular formula is C20H18N2O5S2. The first-order chi connectivity index (χ1) is 13.6. The molecule has 29 heavy (non-hydrogen) atoms. The summed E-state index contributed by atoms with van der Waals surface area (Å²) in [5.74, 6) is 0.389. The van der Waals surface area contributed by atoms with Crippen LogP contribution in [-0.4, -0.2) is 16.8 Å². The van der Waals surface area contributed by atoms with Gasteiger partial charge in [-0.15, -0.1) is 0 Å². The largest absolute Gasteiger partial charge is 0.460 e. The van der Waals surface area contributed by atoms with Crippen molar-refractivity contribution in [1.29, 1.82) is 0 Å². The van der Waals surface area contributed by atoms with E-state index in [-0.39, 0.29) is 16.2 Å². The summed E-state index contributed by atoms with van der Waals surface area (Å²) in [4.78, 5) is -0.148. The van der Waals surface area contributed by atoms with Gasteiger partial charge in [0.2, 0.25) is 20.0 Å². The molecular weight excluding hydrogens is 412 g/mol. The van der Waals surface area contributed by atoms with Gasteiger partial charge in [-0.05, 0) is 29.8 Å². The minimum atomic E-state index is -4.09. The van der Waals surface area contributed by atoms with Crippen molar-refractivity contribution in [2.75, 3.05) is 0 Å². The Morgan fingerprint density at radius 2 is 1.59 bits per heavy atom. The minimum absolute atomic E-state index is 0.0373. The molecule has 0 saturated heterocycles. The molecule has 0 spiro atoms. The van der Waals surface area contributed by atoms with Gasteiger partial charge in [0.25, 0.3) is 0 Å². The quantitative estimate of drug-likeness (QED) is 0.656. The number of primary sulfonamides is 2. The summed E-state index contributed by atoms with van der Waals surface area (Å²) in [6.07, 6.45) is 4.55. The number of rotatable bonds is 4. The van der Waals surface area contributed by atoms with Crippen LogP contribution < -0.4 is 10.3 Å². The van der Waals surface area contributed by atoms with E-state index in [0.29, 0.717) is 16.9 Å². The highest BCUT2D eigenvalue weighted by molar-refractivity contribution is 7.93. The van der Waals surface area contributed by atoms with E-state index in [9.17, 15) is 16.8 Å². The molecule has 0 aliphatic heterocycles. The predicted molar refractivity (Wildman–Crippen MR) is 110 cm³/mol. The molecule has 0 amide bonds. The number of hydrogen-bond acceptors (Lipinski definition) is 5. The fraction of sp³-hybridized carbons (Fsp3) is 0.100. The molecule has 1 heterocycles. The van der Waals surface area contributed by atoms with Gasteiger partial charge < -0.3 is 4.42 Å². The average Bonchev–Trinajstić information content (AvgIpc) is 3.11. The Labute approximate surface area is 168 Å². The van der Waals surface area contributed by atoms with Gasteiger partial charge in [0.15, 0.2) is 0 Å². The van der Waals surface area contributed by atoms with Gasteiger partial charge in [0.1, 0.15) is 11.3 Å². The van der Waals surface area contributed by atoms with Crippen LogP contribution in [0.2, 0.25) is 0 Å². The van der Waals surface area contributed by atoms with E-state index in [0.717, 1.165) is 5.39 Å². The monoisotopic (exact) mass is 430 g/mol. The SMILES string of the molecule is NS(=O)(=O)C1=CC=CC(c2cc3ccccc3o2)(c2ccccc2S(N)(=O)=O)C1. The molecule has 0 radical (unpaired) electrons. The van der Waals surface area contributed by atoms with E-state index in [1.807, 2.05) is 18.2 Å². The van der Waals surface area contributed by atoms with Crippen LogP contribution in [0.3, 0.4) is 0 Å². The van der Waals surface area contributed by atoms with Crippen LogP contribution in [0.25, 0.3) is 11.0 Å². The number of hydrogen-bond donors (Lipinski definition) is 2. The zero-order valence-electron chi connectivity index (χ0n) is 15.1. The Bertz CT molecular complexity index is 1350. The second kappa shape index (κ2) is 6.67. The third-order valence-corrected chi connectivity index (χ3v) is 7.00. The van der Waals surface area contributed by atoms with Crippen molar-refractivity contribution in [2.45, 2.75) is 16.7 Å². The van der Waals surface area contributed by atoms with Crippen molar-refractivity contribution in [1.82, 2.24) is 0 Å². The average molecular weight is 431 g/mol. The molecule has 4 rings (SSSR count). The molecule has 3 aromatic rings. The van der Waals surface area contributed by atoms with Crippen LogP contribution in [0.15, 0.2) is 87.0 Å². The van der Waals surface area contributed by atoms with E-state index in [1.165, 1.54) is 18.2 Å². The first-order valence-electron chi connectivity index (χ1n) is 8.64.